The Labute approximate surface area is 82.4 Å². The van der Waals surface area contributed by atoms with Crippen LogP contribution in [0.25, 0.3) is 0 Å². The molecule has 0 N–H and O–H groups in total. The van der Waals surface area contributed by atoms with Crippen LogP contribution in [0.3, 0.4) is 0 Å². The summed E-state index contributed by atoms with van der Waals surface area (Å²) in [5.74, 6) is 0. The monoisotopic (exact) mass is 186 g/mol. The van der Waals surface area contributed by atoms with Crippen molar-refractivity contribution in [2.24, 2.45) is 0 Å². The standard InChI is InChI=1S/C8H10S.3CH4/c1-7-3-5-8(9-2)6-4-7;;;/h3-6H,1-2H3;3*1H4. The highest BCUT2D eigenvalue weighted by Gasteiger charge is 1.85. The van der Waals surface area contributed by atoms with Gasteiger partial charge in [-0.3, -0.25) is 0 Å². The summed E-state index contributed by atoms with van der Waals surface area (Å²) in [7, 11) is 0. The van der Waals surface area contributed by atoms with Crippen LogP contribution in [-0.4, -0.2) is 6.26 Å². The molecule has 12 heavy (non-hydrogen) atoms. The maximum atomic E-state index is 2.14. The molecule has 0 aliphatic rings. The van der Waals surface area contributed by atoms with E-state index in [2.05, 4.69) is 37.4 Å². The number of hydrogen-bond acceptors (Lipinski definition) is 1. The zero-order chi connectivity index (χ0) is 6.69. The quantitative estimate of drug-likeness (QED) is 0.576. The van der Waals surface area contributed by atoms with Crippen molar-refractivity contribution in [1.82, 2.24) is 0 Å². The second-order valence-corrected chi connectivity index (χ2v) is 2.90. The first kappa shape index (κ1) is 17.6. The van der Waals surface area contributed by atoms with E-state index in [0.29, 0.717) is 0 Å². The van der Waals surface area contributed by atoms with Crippen LogP contribution >= 0.6 is 11.8 Å². The number of rotatable bonds is 1. The Morgan fingerprint density at radius 2 is 1.33 bits per heavy atom. The van der Waals surface area contributed by atoms with Gasteiger partial charge in [-0.25, -0.2) is 0 Å². The largest absolute Gasteiger partial charge is 0.130 e. The fourth-order valence-corrected chi connectivity index (χ4v) is 1.08. The normalized spacial score (nSPS) is 7.17. The molecule has 1 aromatic rings. The maximum absolute atomic E-state index is 2.14. The molecule has 0 bridgehead atoms. The SMILES string of the molecule is C.C.C.CSc1ccc(C)cc1. The Morgan fingerprint density at radius 1 is 0.917 bits per heavy atom. The van der Waals surface area contributed by atoms with Gasteiger partial charge in [-0.1, -0.05) is 40.0 Å². The van der Waals surface area contributed by atoms with Crippen molar-refractivity contribution in [1.29, 1.82) is 0 Å². The van der Waals surface area contributed by atoms with E-state index in [-0.39, 0.29) is 22.3 Å². The summed E-state index contributed by atoms with van der Waals surface area (Å²) in [6.45, 7) is 2.10. The van der Waals surface area contributed by atoms with E-state index in [1.807, 2.05) is 0 Å². The van der Waals surface area contributed by atoms with E-state index < -0.39 is 0 Å². The van der Waals surface area contributed by atoms with Crippen molar-refractivity contribution < 1.29 is 0 Å². The first-order valence-corrected chi connectivity index (χ1v) is 4.16. The van der Waals surface area contributed by atoms with Crippen LogP contribution in [0.15, 0.2) is 29.2 Å². The van der Waals surface area contributed by atoms with Crippen molar-refractivity contribution in [3.8, 4) is 0 Å². The molecule has 1 rings (SSSR count). The molecule has 0 atom stereocenters. The fraction of sp³-hybridized carbons (Fsp3) is 0.455. The van der Waals surface area contributed by atoms with Gasteiger partial charge in [-0.05, 0) is 25.3 Å². The molecule has 0 saturated carbocycles. The summed E-state index contributed by atoms with van der Waals surface area (Å²) in [6.07, 6.45) is 2.09. The summed E-state index contributed by atoms with van der Waals surface area (Å²) in [5, 5.41) is 0. The minimum absolute atomic E-state index is 0. The highest BCUT2D eigenvalue weighted by atomic mass is 32.2. The number of aryl methyl sites for hydroxylation is 1. The Morgan fingerprint density at radius 3 is 1.67 bits per heavy atom. The van der Waals surface area contributed by atoms with Crippen LogP contribution in [0.5, 0.6) is 0 Å². The van der Waals surface area contributed by atoms with Gasteiger partial charge < -0.3 is 0 Å². The molecule has 0 radical (unpaired) electrons. The van der Waals surface area contributed by atoms with Crippen LogP contribution in [0, 0.1) is 6.92 Å². The van der Waals surface area contributed by atoms with Crippen molar-refractivity contribution in [2.75, 3.05) is 6.26 Å². The van der Waals surface area contributed by atoms with Gasteiger partial charge in [-0.15, -0.1) is 11.8 Å². The van der Waals surface area contributed by atoms with E-state index in [9.17, 15) is 0 Å². The van der Waals surface area contributed by atoms with E-state index in [1.165, 1.54) is 10.5 Å². The predicted molar refractivity (Wildman–Crippen MR) is 63.2 cm³/mol. The molecule has 0 aliphatic carbocycles. The Bertz CT molecular complexity index is 177. The van der Waals surface area contributed by atoms with E-state index in [4.69, 9.17) is 0 Å². The lowest BCUT2D eigenvalue weighted by atomic mass is 10.2. The molecule has 0 heterocycles. The second kappa shape index (κ2) is 8.66. The van der Waals surface area contributed by atoms with E-state index >= 15 is 0 Å². The molecular formula is C11H22S. The third-order valence-corrected chi connectivity index (χ3v) is 2.00. The molecule has 0 nitrogen and oxygen atoms in total. The molecule has 0 spiro atoms. The molecule has 0 fully saturated rings. The third-order valence-electron chi connectivity index (χ3n) is 1.26. The van der Waals surface area contributed by atoms with Crippen molar-refractivity contribution >= 4 is 11.8 Å². The van der Waals surface area contributed by atoms with E-state index in [0.717, 1.165) is 0 Å². The van der Waals surface area contributed by atoms with Crippen LogP contribution in [0.1, 0.15) is 27.8 Å². The Hall–Kier alpha value is -0.430. The molecule has 0 aromatic heterocycles. The maximum Gasteiger partial charge on any atom is 0.00693 e. The molecule has 72 valence electrons. The van der Waals surface area contributed by atoms with Crippen LogP contribution < -0.4 is 0 Å². The first-order valence-electron chi connectivity index (χ1n) is 2.93. The van der Waals surface area contributed by atoms with Gasteiger partial charge in [-0.2, -0.15) is 0 Å². The van der Waals surface area contributed by atoms with Crippen LogP contribution in [-0.2, 0) is 0 Å². The van der Waals surface area contributed by atoms with Crippen LogP contribution in [0.4, 0.5) is 0 Å². The molecule has 1 heteroatoms. The Kier molecular flexibility index (Phi) is 12.7. The lowest BCUT2D eigenvalue weighted by Gasteiger charge is -1.93. The predicted octanol–water partition coefficient (Wildman–Crippen LogP) is 4.63. The minimum Gasteiger partial charge on any atom is -0.130 e. The summed E-state index contributed by atoms with van der Waals surface area (Å²) >= 11 is 1.78. The second-order valence-electron chi connectivity index (χ2n) is 2.02. The molecule has 1 aromatic carbocycles. The first-order chi connectivity index (χ1) is 4.33. The van der Waals surface area contributed by atoms with Crippen LogP contribution in [0.2, 0.25) is 0 Å². The van der Waals surface area contributed by atoms with Gasteiger partial charge in [0.1, 0.15) is 0 Å². The fourth-order valence-electron chi connectivity index (χ4n) is 0.674. The van der Waals surface area contributed by atoms with Gasteiger partial charge in [0.05, 0.1) is 0 Å². The van der Waals surface area contributed by atoms with Crippen molar-refractivity contribution in [3.63, 3.8) is 0 Å². The van der Waals surface area contributed by atoms with Crippen molar-refractivity contribution in [2.45, 2.75) is 34.1 Å². The summed E-state index contributed by atoms with van der Waals surface area (Å²) in [5.41, 5.74) is 1.33. The third kappa shape index (κ3) is 5.25. The molecule has 0 amide bonds. The summed E-state index contributed by atoms with van der Waals surface area (Å²) < 4.78 is 0. The number of hydrogen-bond donors (Lipinski definition) is 0. The zero-order valence-corrected chi connectivity index (χ0v) is 6.53. The lowest BCUT2D eigenvalue weighted by Crippen LogP contribution is -1.70. The van der Waals surface area contributed by atoms with Gasteiger partial charge in [0, 0.05) is 4.90 Å². The van der Waals surface area contributed by atoms with Gasteiger partial charge >= 0.3 is 0 Å². The highest BCUT2D eigenvalue weighted by molar-refractivity contribution is 7.98. The van der Waals surface area contributed by atoms with Gasteiger partial charge in [0.25, 0.3) is 0 Å². The Balaban J connectivity index is -0.000000270. The van der Waals surface area contributed by atoms with Gasteiger partial charge in [0.15, 0.2) is 0 Å². The summed E-state index contributed by atoms with van der Waals surface area (Å²) in [6, 6.07) is 8.54. The highest BCUT2D eigenvalue weighted by Crippen LogP contribution is 2.13. The lowest BCUT2D eigenvalue weighted by molar-refractivity contribution is 1.38. The molecule has 0 unspecified atom stereocenters. The smallest absolute Gasteiger partial charge is 0.00693 e. The average Bonchev–Trinajstić information content (AvgIpc) is 1.90. The minimum atomic E-state index is 0. The molecule has 0 aliphatic heterocycles. The molecular weight excluding hydrogens is 164 g/mol. The van der Waals surface area contributed by atoms with E-state index in [1.54, 1.807) is 11.8 Å². The number of benzene rings is 1. The number of thioether (sulfide) groups is 1. The topological polar surface area (TPSA) is 0 Å². The van der Waals surface area contributed by atoms with Crippen molar-refractivity contribution in [3.05, 3.63) is 29.8 Å². The zero-order valence-electron chi connectivity index (χ0n) is 5.72. The van der Waals surface area contributed by atoms with Gasteiger partial charge in [0.2, 0.25) is 0 Å². The summed E-state index contributed by atoms with van der Waals surface area (Å²) in [4.78, 5) is 1.33. The molecule has 0 saturated heterocycles. The average molecular weight is 186 g/mol.